The van der Waals surface area contributed by atoms with Gasteiger partial charge in [0.25, 0.3) is 0 Å². The van der Waals surface area contributed by atoms with Gasteiger partial charge in [0, 0.05) is 13.0 Å². The van der Waals surface area contributed by atoms with Gasteiger partial charge in [0.15, 0.2) is 0 Å². The monoisotopic (exact) mass is 373 g/mol. The highest BCUT2D eigenvalue weighted by molar-refractivity contribution is 5.73. The van der Waals surface area contributed by atoms with E-state index < -0.39 is 29.9 Å². The Balaban J connectivity index is 2.02. The maximum atomic E-state index is 13.4. The number of nitrogens with one attached hydrogen (secondary N) is 1. The van der Waals surface area contributed by atoms with Gasteiger partial charge in [0.05, 0.1) is 5.56 Å². The first-order chi connectivity index (χ1) is 12.3. The van der Waals surface area contributed by atoms with Crippen LogP contribution in [0.15, 0.2) is 18.2 Å². The molecular weight excluding hydrogens is 347 g/mol. The van der Waals surface area contributed by atoms with Crippen molar-refractivity contribution < 1.29 is 27.8 Å². The van der Waals surface area contributed by atoms with E-state index in [1.54, 1.807) is 6.07 Å². The molecule has 1 aromatic rings. The van der Waals surface area contributed by atoms with Crippen molar-refractivity contribution in [2.75, 3.05) is 6.54 Å². The summed E-state index contributed by atoms with van der Waals surface area (Å²) in [6.45, 7) is 2.40. The van der Waals surface area contributed by atoms with E-state index in [-0.39, 0.29) is 17.7 Å². The minimum atomic E-state index is -4.43. The summed E-state index contributed by atoms with van der Waals surface area (Å²) in [5, 5.41) is 11.7. The molecule has 0 amide bonds. The summed E-state index contributed by atoms with van der Waals surface area (Å²) in [5.74, 6) is -0.851. The second-order valence-corrected chi connectivity index (χ2v) is 6.76. The smallest absolute Gasteiger partial charge is 0.416 e. The highest BCUT2D eigenvalue weighted by Crippen LogP contribution is 2.35. The van der Waals surface area contributed by atoms with Crippen molar-refractivity contribution in [1.29, 1.82) is 0 Å². The first-order valence-corrected chi connectivity index (χ1v) is 9.14. The van der Waals surface area contributed by atoms with Crippen molar-refractivity contribution in [1.82, 2.24) is 5.32 Å². The summed E-state index contributed by atoms with van der Waals surface area (Å²) >= 11 is 0. The Bertz CT molecular complexity index is 604. The fourth-order valence-corrected chi connectivity index (χ4v) is 3.20. The molecule has 1 fully saturated rings. The number of carboxylic acid groups (broad SMARTS) is 1. The minimum absolute atomic E-state index is 0.130. The van der Waals surface area contributed by atoms with E-state index in [1.165, 1.54) is 6.07 Å². The number of ether oxygens (including phenoxy) is 1. The number of benzene rings is 1. The molecule has 1 aromatic carbocycles. The fraction of sp³-hybridized carbons (Fsp3) is 0.632. The zero-order valence-corrected chi connectivity index (χ0v) is 14.9. The van der Waals surface area contributed by atoms with Gasteiger partial charge in [-0.2, -0.15) is 13.2 Å². The molecule has 0 aromatic heterocycles. The molecule has 146 valence electrons. The third kappa shape index (κ3) is 5.90. The van der Waals surface area contributed by atoms with Crippen LogP contribution >= 0.6 is 0 Å². The van der Waals surface area contributed by atoms with Crippen LogP contribution < -0.4 is 10.1 Å². The van der Waals surface area contributed by atoms with E-state index >= 15 is 0 Å². The Morgan fingerprint density at radius 2 is 2.00 bits per heavy atom. The summed E-state index contributed by atoms with van der Waals surface area (Å²) < 4.78 is 45.8. The molecule has 2 N–H and O–H groups in total. The summed E-state index contributed by atoms with van der Waals surface area (Å²) in [6, 6.07) is 3.35. The standard InChI is InChI=1S/C19H26F3NO3/c1-2-3-4-5-6-7-13-8-9-14(10-16(13)19(20,21)22)26-15-11-17(18(24)25)23-12-15/h8-10,15,17,23H,2-7,11-12H2,1H3,(H,24,25)/t15-,17-/m1/s1. The molecule has 1 aliphatic heterocycles. The largest absolute Gasteiger partial charge is 0.489 e. The third-order valence-electron chi connectivity index (χ3n) is 4.63. The van der Waals surface area contributed by atoms with Crippen molar-refractivity contribution in [3.63, 3.8) is 0 Å². The van der Waals surface area contributed by atoms with Crippen molar-refractivity contribution in [3.8, 4) is 5.75 Å². The van der Waals surface area contributed by atoms with Crippen molar-refractivity contribution >= 4 is 5.97 Å². The quantitative estimate of drug-likeness (QED) is 0.630. The van der Waals surface area contributed by atoms with Crippen LogP contribution in [0.4, 0.5) is 13.2 Å². The molecule has 2 atom stereocenters. The Morgan fingerprint density at radius 3 is 2.62 bits per heavy atom. The summed E-state index contributed by atoms with van der Waals surface area (Å²) in [7, 11) is 0. The molecule has 0 spiro atoms. The number of carboxylic acids is 1. The van der Waals surface area contributed by atoms with Gasteiger partial charge in [0.1, 0.15) is 17.9 Å². The molecule has 1 heterocycles. The van der Waals surface area contributed by atoms with Gasteiger partial charge in [-0.1, -0.05) is 38.7 Å². The van der Waals surface area contributed by atoms with E-state index in [2.05, 4.69) is 12.2 Å². The van der Waals surface area contributed by atoms with Crippen LogP contribution in [0, 0.1) is 0 Å². The molecule has 0 aliphatic carbocycles. The summed E-state index contributed by atoms with van der Waals surface area (Å²) in [4.78, 5) is 10.9. The van der Waals surface area contributed by atoms with Crippen LogP contribution in [-0.2, 0) is 17.4 Å². The average Bonchev–Trinajstić information content (AvgIpc) is 3.03. The van der Waals surface area contributed by atoms with E-state index in [9.17, 15) is 18.0 Å². The Kier molecular flexibility index (Phi) is 7.32. The number of aryl methyl sites for hydroxylation is 1. The highest BCUT2D eigenvalue weighted by Gasteiger charge is 2.35. The lowest BCUT2D eigenvalue weighted by Crippen LogP contribution is -2.30. The maximum absolute atomic E-state index is 13.4. The summed E-state index contributed by atoms with van der Waals surface area (Å²) in [5.41, 5.74) is -0.374. The number of alkyl halides is 3. The first kappa shape index (κ1) is 20.6. The van der Waals surface area contributed by atoms with Gasteiger partial charge >= 0.3 is 12.1 Å². The Labute approximate surface area is 151 Å². The normalized spacial score (nSPS) is 20.3. The number of aliphatic carboxylic acids is 1. The Hall–Kier alpha value is -1.76. The van der Waals surface area contributed by atoms with Crippen LogP contribution in [0.3, 0.4) is 0 Å². The molecule has 26 heavy (non-hydrogen) atoms. The lowest BCUT2D eigenvalue weighted by molar-refractivity contribution is -0.139. The molecule has 0 unspecified atom stereocenters. The molecule has 1 saturated heterocycles. The van der Waals surface area contributed by atoms with Gasteiger partial charge in [-0.05, 0) is 30.5 Å². The molecule has 0 radical (unpaired) electrons. The summed E-state index contributed by atoms with van der Waals surface area (Å²) in [6.07, 6.45) is 0.639. The third-order valence-corrected chi connectivity index (χ3v) is 4.63. The highest BCUT2D eigenvalue weighted by atomic mass is 19.4. The van der Waals surface area contributed by atoms with E-state index in [1.807, 2.05) is 0 Å². The predicted octanol–water partition coefficient (Wildman–Crippen LogP) is 4.41. The number of rotatable bonds is 9. The predicted molar refractivity (Wildman–Crippen MR) is 92.4 cm³/mol. The van der Waals surface area contributed by atoms with E-state index in [0.29, 0.717) is 13.0 Å². The first-order valence-electron chi connectivity index (χ1n) is 9.14. The van der Waals surface area contributed by atoms with Gasteiger partial charge in [-0.3, -0.25) is 4.79 Å². The maximum Gasteiger partial charge on any atom is 0.416 e. The second kappa shape index (κ2) is 9.26. The van der Waals surface area contributed by atoms with Crippen molar-refractivity contribution in [2.45, 2.75) is 70.2 Å². The van der Waals surface area contributed by atoms with Crippen molar-refractivity contribution in [3.05, 3.63) is 29.3 Å². The van der Waals surface area contributed by atoms with Crippen LogP contribution in [0.5, 0.6) is 5.75 Å². The van der Waals surface area contributed by atoms with E-state index in [0.717, 1.165) is 38.2 Å². The number of halogens is 3. The molecular formula is C19H26F3NO3. The minimum Gasteiger partial charge on any atom is -0.489 e. The second-order valence-electron chi connectivity index (χ2n) is 6.76. The Morgan fingerprint density at radius 1 is 1.27 bits per heavy atom. The number of hydrogen-bond donors (Lipinski definition) is 2. The molecule has 1 aliphatic rings. The van der Waals surface area contributed by atoms with Gasteiger partial charge in [0.2, 0.25) is 0 Å². The molecule has 2 rings (SSSR count). The van der Waals surface area contributed by atoms with E-state index in [4.69, 9.17) is 9.84 Å². The molecule has 7 heteroatoms. The zero-order valence-electron chi connectivity index (χ0n) is 14.9. The van der Waals surface area contributed by atoms with Gasteiger partial charge < -0.3 is 15.2 Å². The lowest BCUT2D eigenvalue weighted by Gasteiger charge is -2.17. The van der Waals surface area contributed by atoms with Crippen LogP contribution in [0.1, 0.15) is 56.6 Å². The van der Waals surface area contributed by atoms with Crippen LogP contribution in [0.25, 0.3) is 0 Å². The fourth-order valence-electron chi connectivity index (χ4n) is 3.20. The van der Waals surface area contributed by atoms with Crippen LogP contribution in [-0.4, -0.2) is 29.8 Å². The number of hydrogen-bond acceptors (Lipinski definition) is 3. The zero-order chi connectivity index (χ0) is 19.2. The van der Waals surface area contributed by atoms with Gasteiger partial charge in [-0.15, -0.1) is 0 Å². The molecule has 0 bridgehead atoms. The molecule has 4 nitrogen and oxygen atoms in total. The average molecular weight is 373 g/mol. The lowest BCUT2D eigenvalue weighted by atomic mass is 10.00. The SMILES string of the molecule is CCCCCCCc1ccc(O[C@H]2CN[C@@H](C(=O)O)C2)cc1C(F)(F)F. The molecule has 0 saturated carbocycles. The van der Waals surface area contributed by atoms with Gasteiger partial charge in [-0.25, -0.2) is 0 Å². The van der Waals surface area contributed by atoms with Crippen molar-refractivity contribution in [2.24, 2.45) is 0 Å². The number of carbonyl (C=O) groups is 1. The van der Waals surface area contributed by atoms with Crippen LogP contribution in [0.2, 0.25) is 0 Å². The number of unbranched alkanes of at least 4 members (excludes halogenated alkanes) is 4. The topological polar surface area (TPSA) is 58.6 Å².